The van der Waals surface area contributed by atoms with Gasteiger partial charge in [0.25, 0.3) is 5.91 Å². The zero-order valence-corrected chi connectivity index (χ0v) is 19.5. The number of carbonyl (C=O) groups is 2. The molecule has 0 aliphatic carbocycles. The molecule has 2 amide bonds. The Morgan fingerprint density at radius 1 is 0.861 bits per heavy atom. The van der Waals surface area contributed by atoms with Crippen LogP contribution in [0.5, 0.6) is 28.7 Å². The molecule has 9 heteroatoms. The van der Waals surface area contributed by atoms with Crippen molar-refractivity contribution in [2.24, 2.45) is 0 Å². The van der Waals surface area contributed by atoms with Crippen LogP contribution in [0.4, 0.5) is 5.69 Å². The summed E-state index contributed by atoms with van der Waals surface area (Å²) in [7, 11) is 1.56. The van der Waals surface area contributed by atoms with Gasteiger partial charge in [-0.1, -0.05) is 18.2 Å². The lowest BCUT2D eigenvalue weighted by molar-refractivity contribution is -0.123. The smallest absolute Gasteiger partial charge is 0.251 e. The predicted molar refractivity (Wildman–Crippen MR) is 132 cm³/mol. The fourth-order valence-corrected chi connectivity index (χ4v) is 3.81. The Balaban J connectivity index is 1.33. The minimum Gasteiger partial charge on any atom is -0.497 e. The summed E-state index contributed by atoms with van der Waals surface area (Å²) in [6, 6.07) is 16.5. The van der Waals surface area contributed by atoms with Gasteiger partial charge in [-0.2, -0.15) is 0 Å². The van der Waals surface area contributed by atoms with E-state index in [9.17, 15) is 9.59 Å². The molecule has 1 unspecified atom stereocenters. The first kappa shape index (κ1) is 23.1. The van der Waals surface area contributed by atoms with E-state index in [1.165, 1.54) is 6.08 Å². The number of hydrogen-bond donors (Lipinski definition) is 2. The summed E-state index contributed by atoms with van der Waals surface area (Å²) in [5, 5.41) is 5.64. The van der Waals surface area contributed by atoms with Gasteiger partial charge in [-0.05, 0) is 53.6 Å². The van der Waals surface area contributed by atoms with Crippen LogP contribution in [0.1, 0.15) is 17.2 Å². The third kappa shape index (κ3) is 5.20. The van der Waals surface area contributed by atoms with Crippen LogP contribution in [0.3, 0.4) is 0 Å². The molecular weight excluding hydrogens is 464 g/mol. The quantitative estimate of drug-likeness (QED) is 0.489. The second-order valence-corrected chi connectivity index (χ2v) is 8.01. The van der Waals surface area contributed by atoms with Crippen molar-refractivity contribution in [1.29, 1.82) is 0 Å². The molecular formula is C27H24N2O7. The molecule has 0 saturated heterocycles. The lowest BCUT2D eigenvalue weighted by atomic mass is 10.1. The number of ether oxygens (including phenoxy) is 5. The van der Waals surface area contributed by atoms with Crippen molar-refractivity contribution in [3.63, 3.8) is 0 Å². The molecule has 0 saturated carbocycles. The largest absolute Gasteiger partial charge is 0.497 e. The zero-order chi connectivity index (χ0) is 24.9. The molecule has 2 aliphatic rings. The molecule has 36 heavy (non-hydrogen) atoms. The summed E-state index contributed by atoms with van der Waals surface area (Å²) in [6.45, 7) is 1.08. The van der Waals surface area contributed by atoms with E-state index in [-0.39, 0.29) is 6.79 Å². The molecule has 2 heterocycles. The van der Waals surface area contributed by atoms with E-state index in [0.717, 1.165) is 5.56 Å². The molecule has 2 aliphatic heterocycles. The number of methoxy groups -OCH3 is 1. The van der Waals surface area contributed by atoms with Gasteiger partial charge in [-0.3, -0.25) is 9.59 Å². The number of benzene rings is 3. The SMILES string of the molecule is COc1ccc(C(NC(=O)C=Cc2ccc3c(c2)OCO3)C(=O)Nc2ccc3c(c2)OCCO3)cc1. The summed E-state index contributed by atoms with van der Waals surface area (Å²) in [6.07, 6.45) is 3.01. The highest BCUT2D eigenvalue weighted by atomic mass is 16.7. The average Bonchev–Trinajstić information content (AvgIpc) is 3.38. The van der Waals surface area contributed by atoms with E-state index in [1.54, 1.807) is 67.8 Å². The maximum Gasteiger partial charge on any atom is 0.251 e. The van der Waals surface area contributed by atoms with E-state index < -0.39 is 17.9 Å². The van der Waals surface area contributed by atoms with Gasteiger partial charge < -0.3 is 34.3 Å². The van der Waals surface area contributed by atoms with Gasteiger partial charge in [0.2, 0.25) is 12.7 Å². The van der Waals surface area contributed by atoms with Crippen LogP contribution in [0.2, 0.25) is 0 Å². The van der Waals surface area contributed by atoms with Crippen molar-refractivity contribution in [3.8, 4) is 28.7 Å². The van der Waals surface area contributed by atoms with Gasteiger partial charge in [0.15, 0.2) is 23.0 Å². The Kier molecular flexibility index (Phi) is 6.61. The summed E-state index contributed by atoms with van der Waals surface area (Å²) in [5.74, 6) is 2.23. The summed E-state index contributed by atoms with van der Waals surface area (Å²) in [4.78, 5) is 26.1. The minimum absolute atomic E-state index is 0.172. The van der Waals surface area contributed by atoms with Crippen LogP contribution < -0.4 is 34.3 Å². The summed E-state index contributed by atoms with van der Waals surface area (Å²) >= 11 is 0. The van der Waals surface area contributed by atoms with Crippen LogP contribution in [0, 0.1) is 0 Å². The van der Waals surface area contributed by atoms with Crippen molar-refractivity contribution in [2.45, 2.75) is 6.04 Å². The van der Waals surface area contributed by atoms with E-state index in [2.05, 4.69) is 10.6 Å². The Hall–Kier alpha value is -4.66. The molecule has 0 radical (unpaired) electrons. The Bertz CT molecular complexity index is 1300. The molecule has 5 rings (SSSR count). The second-order valence-electron chi connectivity index (χ2n) is 8.01. The standard InChI is InChI=1S/C27H24N2O7/c1-32-20-7-4-18(5-8-20)26(27(31)28-19-6-10-21-24(15-19)34-13-12-33-21)29-25(30)11-3-17-2-9-22-23(14-17)36-16-35-22/h2-11,14-15,26H,12-13,16H2,1H3,(H,28,31)(H,29,30). The number of nitrogens with one attached hydrogen (secondary N) is 2. The number of rotatable bonds is 7. The number of hydrogen-bond acceptors (Lipinski definition) is 7. The van der Waals surface area contributed by atoms with Gasteiger partial charge >= 0.3 is 0 Å². The van der Waals surface area contributed by atoms with Gasteiger partial charge in [-0.15, -0.1) is 0 Å². The van der Waals surface area contributed by atoms with E-state index in [1.807, 2.05) is 6.07 Å². The van der Waals surface area contributed by atoms with Crippen molar-refractivity contribution in [2.75, 3.05) is 32.4 Å². The van der Waals surface area contributed by atoms with Crippen molar-refractivity contribution >= 4 is 23.6 Å². The first-order valence-electron chi connectivity index (χ1n) is 11.3. The monoisotopic (exact) mass is 488 g/mol. The maximum absolute atomic E-state index is 13.3. The first-order valence-corrected chi connectivity index (χ1v) is 11.3. The highest BCUT2D eigenvalue weighted by Crippen LogP contribution is 2.34. The molecule has 3 aromatic carbocycles. The minimum atomic E-state index is -0.960. The Labute approximate surface area is 207 Å². The number of fused-ring (bicyclic) bond motifs is 2. The zero-order valence-electron chi connectivity index (χ0n) is 19.5. The van der Waals surface area contributed by atoms with Crippen LogP contribution in [-0.4, -0.2) is 38.9 Å². The Morgan fingerprint density at radius 2 is 1.56 bits per heavy atom. The van der Waals surface area contributed by atoms with Gasteiger partial charge in [-0.25, -0.2) is 0 Å². The van der Waals surface area contributed by atoms with Crippen molar-refractivity contribution < 1.29 is 33.3 Å². The van der Waals surface area contributed by atoms with E-state index in [0.29, 0.717) is 53.2 Å². The average molecular weight is 488 g/mol. The molecule has 0 spiro atoms. The molecule has 0 bridgehead atoms. The third-order valence-electron chi connectivity index (χ3n) is 5.63. The molecule has 1 atom stereocenters. The Morgan fingerprint density at radius 3 is 2.36 bits per heavy atom. The topological polar surface area (TPSA) is 104 Å². The van der Waals surface area contributed by atoms with Crippen LogP contribution in [-0.2, 0) is 9.59 Å². The number of anilines is 1. The molecule has 2 N–H and O–H groups in total. The predicted octanol–water partition coefficient (Wildman–Crippen LogP) is 3.70. The van der Waals surface area contributed by atoms with E-state index >= 15 is 0 Å². The summed E-state index contributed by atoms with van der Waals surface area (Å²) < 4.78 is 27.0. The highest BCUT2D eigenvalue weighted by molar-refractivity contribution is 6.00. The molecule has 184 valence electrons. The molecule has 9 nitrogen and oxygen atoms in total. The first-order chi connectivity index (χ1) is 17.6. The van der Waals surface area contributed by atoms with Crippen LogP contribution in [0.25, 0.3) is 6.08 Å². The van der Waals surface area contributed by atoms with Crippen LogP contribution in [0.15, 0.2) is 66.7 Å². The summed E-state index contributed by atoms with van der Waals surface area (Å²) in [5.41, 5.74) is 1.87. The van der Waals surface area contributed by atoms with Gasteiger partial charge in [0, 0.05) is 17.8 Å². The maximum atomic E-state index is 13.3. The van der Waals surface area contributed by atoms with E-state index in [4.69, 9.17) is 23.7 Å². The lowest BCUT2D eigenvalue weighted by Crippen LogP contribution is -2.36. The highest BCUT2D eigenvalue weighted by Gasteiger charge is 2.23. The lowest BCUT2D eigenvalue weighted by Gasteiger charge is -2.21. The normalized spacial score (nSPS) is 14.2. The molecule has 3 aromatic rings. The fraction of sp³-hybridized carbons (Fsp3) is 0.185. The molecule has 0 fully saturated rings. The third-order valence-corrected chi connectivity index (χ3v) is 5.63. The van der Waals surface area contributed by atoms with Gasteiger partial charge in [0.05, 0.1) is 7.11 Å². The number of amides is 2. The van der Waals surface area contributed by atoms with Crippen molar-refractivity contribution in [1.82, 2.24) is 5.32 Å². The molecule has 0 aromatic heterocycles. The van der Waals surface area contributed by atoms with Gasteiger partial charge in [0.1, 0.15) is 25.0 Å². The fourth-order valence-electron chi connectivity index (χ4n) is 3.81. The number of carbonyl (C=O) groups excluding carboxylic acids is 2. The second kappa shape index (κ2) is 10.3. The van der Waals surface area contributed by atoms with Crippen LogP contribution >= 0.6 is 0 Å². The van der Waals surface area contributed by atoms with Crippen molar-refractivity contribution in [3.05, 3.63) is 77.9 Å².